The monoisotopic (exact) mass is 399 g/mol. The molecule has 0 aliphatic carbocycles. The maximum atomic E-state index is 10.8. The van der Waals surface area contributed by atoms with Crippen LogP contribution in [0.25, 0.3) is 0 Å². The van der Waals surface area contributed by atoms with Gasteiger partial charge in [-0.2, -0.15) is 0 Å². The van der Waals surface area contributed by atoms with Gasteiger partial charge >= 0.3 is 0 Å². The predicted octanol–water partition coefficient (Wildman–Crippen LogP) is 2.34. The van der Waals surface area contributed by atoms with Gasteiger partial charge in [-0.15, -0.1) is 10.6 Å². The van der Waals surface area contributed by atoms with Crippen LogP contribution in [0, 0.1) is 11.5 Å². The zero-order valence-corrected chi connectivity index (χ0v) is 18.6. The second kappa shape index (κ2) is 7.08. The fourth-order valence-corrected chi connectivity index (χ4v) is 4.25. The highest BCUT2D eigenvalue weighted by molar-refractivity contribution is 6.83. The number of rotatable bonds is 3. The number of nitrogens with zero attached hydrogens (tertiary/aromatic N) is 1. The maximum Gasteiger partial charge on any atom is 0.164 e. The molecular weight excluding hydrogens is 366 g/mol. The summed E-state index contributed by atoms with van der Waals surface area (Å²) in [6.45, 7) is 16.3. The van der Waals surface area contributed by atoms with Gasteiger partial charge < -0.3 is 28.9 Å². The molecule has 2 unspecified atom stereocenters. The summed E-state index contributed by atoms with van der Waals surface area (Å²) in [4.78, 5) is 0. The zero-order valence-electron chi connectivity index (χ0n) is 17.6. The lowest BCUT2D eigenvalue weighted by atomic mass is 10.1. The molecule has 3 heterocycles. The molecule has 3 aliphatic heterocycles. The molecule has 3 rings (SSSR count). The van der Waals surface area contributed by atoms with Gasteiger partial charge in [-0.1, -0.05) is 25.6 Å². The van der Waals surface area contributed by atoms with E-state index in [1.54, 1.807) is 0 Å². The zero-order chi connectivity index (χ0) is 20.2. The molecule has 0 radical (unpaired) electrons. The summed E-state index contributed by atoms with van der Waals surface area (Å²) in [6.07, 6.45) is -2.14. The summed E-state index contributed by atoms with van der Waals surface area (Å²) >= 11 is 0. The summed E-state index contributed by atoms with van der Waals surface area (Å²) in [5.74, 6) is 1.74. The van der Waals surface area contributed by atoms with E-state index in [4.69, 9.17) is 23.7 Å². The average molecular weight is 400 g/mol. The van der Waals surface area contributed by atoms with Crippen molar-refractivity contribution >= 4 is 8.07 Å². The molecule has 3 saturated heterocycles. The first-order valence-electron chi connectivity index (χ1n) is 9.61. The highest BCUT2D eigenvalue weighted by atomic mass is 28.3. The number of hydroxylamine groups is 2. The van der Waals surface area contributed by atoms with E-state index in [2.05, 4.69) is 31.1 Å². The number of fused-ring (bicyclic) bond motifs is 1. The smallest absolute Gasteiger partial charge is 0.164 e. The van der Waals surface area contributed by atoms with Gasteiger partial charge in [0.25, 0.3) is 0 Å². The van der Waals surface area contributed by atoms with E-state index >= 15 is 0 Å². The highest BCUT2D eigenvalue weighted by Crippen LogP contribution is 2.43. The molecule has 0 aromatic heterocycles. The summed E-state index contributed by atoms with van der Waals surface area (Å²) < 4.78 is 30.0. The van der Waals surface area contributed by atoms with Crippen LogP contribution in [0.5, 0.6) is 0 Å². The van der Waals surface area contributed by atoms with Crippen LogP contribution >= 0.6 is 0 Å². The van der Waals surface area contributed by atoms with Crippen molar-refractivity contribution in [3.05, 3.63) is 0 Å². The van der Waals surface area contributed by atoms with E-state index in [1.165, 1.54) is 0 Å². The van der Waals surface area contributed by atoms with Crippen LogP contribution in [0.1, 0.15) is 34.6 Å². The molecule has 7 nitrogen and oxygen atoms in total. The van der Waals surface area contributed by atoms with Crippen molar-refractivity contribution in [3.8, 4) is 11.5 Å². The third-order valence-electron chi connectivity index (χ3n) is 4.78. The van der Waals surface area contributed by atoms with Crippen molar-refractivity contribution in [1.82, 2.24) is 5.06 Å². The van der Waals surface area contributed by atoms with Gasteiger partial charge in [-0.05, 0) is 34.6 Å². The van der Waals surface area contributed by atoms with Gasteiger partial charge in [0.05, 0.1) is 12.6 Å². The summed E-state index contributed by atoms with van der Waals surface area (Å²) in [5, 5.41) is 12.0. The minimum atomic E-state index is -1.54. The molecule has 0 aromatic carbocycles. The Balaban J connectivity index is 1.78. The molecule has 27 heavy (non-hydrogen) atoms. The Labute approximate surface area is 163 Å². The standard InChI is InChI=1S/C19H33NO6Si/c1-12(9-10-27(6,7)8)20(21)17-16-15(25-19(4,5)26-16)14(23-17)13-11-22-18(2,3)24-13/h12-17,21H,11H2,1-8H3/t12?,13-,14-,15+,16+,17?/m1/s1. The Kier molecular flexibility index (Phi) is 5.56. The van der Waals surface area contributed by atoms with E-state index in [1.807, 2.05) is 34.6 Å². The van der Waals surface area contributed by atoms with Crippen LogP contribution in [0.2, 0.25) is 19.6 Å². The second-order valence-electron chi connectivity index (χ2n) is 9.50. The SMILES string of the molecule is CC(C#C[Si](C)(C)C)N(O)C1O[C@H]([C@H]2COC(C)(C)O2)[C@@H]2OC(C)(C)O[C@H]12. The van der Waals surface area contributed by atoms with Crippen molar-refractivity contribution in [2.24, 2.45) is 0 Å². The molecule has 3 fully saturated rings. The second-order valence-corrected chi connectivity index (χ2v) is 14.2. The third-order valence-corrected chi connectivity index (χ3v) is 5.67. The van der Waals surface area contributed by atoms with Crippen molar-refractivity contribution in [2.45, 2.75) is 103 Å². The first-order valence-corrected chi connectivity index (χ1v) is 13.1. The van der Waals surface area contributed by atoms with E-state index in [9.17, 15) is 5.21 Å². The molecule has 0 bridgehead atoms. The summed E-state index contributed by atoms with van der Waals surface area (Å²) in [6, 6.07) is -0.384. The lowest BCUT2D eigenvalue weighted by Gasteiger charge is -2.31. The largest absolute Gasteiger partial charge is 0.349 e. The number of hydrogen-bond donors (Lipinski definition) is 1. The molecular formula is C19H33NO6Si. The predicted molar refractivity (Wildman–Crippen MR) is 102 cm³/mol. The van der Waals surface area contributed by atoms with Crippen molar-refractivity contribution in [2.75, 3.05) is 6.61 Å². The van der Waals surface area contributed by atoms with Crippen LogP contribution in [0.4, 0.5) is 0 Å². The Bertz CT molecular complexity index is 622. The summed E-state index contributed by atoms with van der Waals surface area (Å²) in [5.41, 5.74) is 3.29. The molecule has 0 saturated carbocycles. The molecule has 0 amide bonds. The summed E-state index contributed by atoms with van der Waals surface area (Å²) in [7, 11) is -1.54. The molecule has 0 aromatic rings. The Hall–Kier alpha value is -0.503. The van der Waals surface area contributed by atoms with Gasteiger partial charge in [0, 0.05) is 0 Å². The molecule has 154 valence electrons. The lowest BCUT2D eigenvalue weighted by molar-refractivity contribution is -0.276. The van der Waals surface area contributed by atoms with E-state index in [-0.39, 0.29) is 18.2 Å². The lowest BCUT2D eigenvalue weighted by Crippen LogP contribution is -2.46. The Morgan fingerprint density at radius 1 is 1.00 bits per heavy atom. The molecule has 0 spiro atoms. The molecule has 8 heteroatoms. The van der Waals surface area contributed by atoms with Crippen LogP contribution in [0.15, 0.2) is 0 Å². The van der Waals surface area contributed by atoms with Crippen LogP contribution < -0.4 is 0 Å². The molecule has 3 aliphatic rings. The third kappa shape index (κ3) is 4.74. The van der Waals surface area contributed by atoms with Crippen molar-refractivity contribution in [3.63, 3.8) is 0 Å². The van der Waals surface area contributed by atoms with Crippen LogP contribution in [-0.4, -0.2) is 73.2 Å². The Morgan fingerprint density at radius 3 is 2.19 bits per heavy atom. The fraction of sp³-hybridized carbons (Fsp3) is 0.895. The van der Waals surface area contributed by atoms with Crippen molar-refractivity contribution in [1.29, 1.82) is 0 Å². The van der Waals surface area contributed by atoms with Gasteiger partial charge in [-0.25, -0.2) is 0 Å². The van der Waals surface area contributed by atoms with Crippen LogP contribution in [0.3, 0.4) is 0 Å². The quantitative estimate of drug-likeness (QED) is 0.444. The minimum Gasteiger partial charge on any atom is -0.349 e. The van der Waals surface area contributed by atoms with Gasteiger partial charge in [0.15, 0.2) is 17.8 Å². The highest BCUT2D eigenvalue weighted by Gasteiger charge is 2.60. The van der Waals surface area contributed by atoms with Crippen molar-refractivity contribution < 1.29 is 28.9 Å². The first kappa shape index (κ1) is 21.2. The topological polar surface area (TPSA) is 69.6 Å². The normalized spacial score (nSPS) is 38.5. The number of hydrogen-bond acceptors (Lipinski definition) is 7. The van der Waals surface area contributed by atoms with E-state index < -0.39 is 38.1 Å². The first-order chi connectivity index (χ1) is 12.3. The molecule has 6 atom stereocenters. The van der Waals surface area contributed by atoms with Gasteiger partial charge in [0.1, 0.15) is 32.5 Å². The number of ether oxygens (including phenoxy) is 5. The van der Waals surface area contributed by atoms with Gasteiger partial charge in [0.2, 0.25) is 0 Å². The van der Waals surface area contributed by atoms with Gasteiger partial charge in [-0.3, -0.25) is 0 Å². The Morgan fingerprint density at radius 2 is 1.63 bits per heavy atom. The minimum absolute atomic E-state index is 0.285. The van der Waals surface area contributed by atoms with E-state index in [0.717, 1.165) is 5.06 Å². The maximum absolute atomic E-state index is 10.8. The van der Waals surface area contributed by atoms with E-state index in [0.29, 0.717) is 6.61 Å². The molecule has 1 N–H and O–H groups in total. The average Bonchev–Trinajstić information content (AvgIpc) is 3.13. The fourth-order valence-electron chi connectivity index (χ4n) is 3.60. The van der Waals surface area contributed by atoms with Crippen LogP contribution in [-0.2, 0) is 23.7 Å².